The van der Waals surface area contributed by atoms with Crippen LogP contribution in [0.5, 0.6) is 0 Å². The van der Waals surface area contributed by atoms with Crippen molar-refractivity contribution in [1.29, 1.82) is 0 Å². The Morgan fingerprint density at radius 1 is 1.18 bits per heavy atom. The number of aliphatic hydroxyl groups excluding tert-OH is 1. The molecular weight excluding hydrogens is 399 g/mol. The van der Waals surface area contributed by atoms with E-state index in [2.05, 4.69) is 5.32 Å². The molecule has 148 valence electrons. The number of aliphatic hydroxyl groups is 1. The normalized spacial score (nSPS) is 17.4. The van der Waals surface area contributed by atoms with Gasteiger partial charge in [0, 0.05) is 18.7 Å². The standard InChI is InChI=1S/C21H22Cl2N2O3/c1-13(26)15-6-4-14(5-7-15)12-24-20(27)19-3-2-10-25(19)21(28)16-8-9-17(22)18(23)11-16/h4-9,11,13,19,26H,2-3,10,12H2,1H3,(H,24,27)/t13-,19+/m1/s1. The predicted molar refractivity (Wildman–Crippen MR) is 109 cm³/mol. The number of likely N-dealkylation sites (tertiary alicyclic amines) is 1. The second kappa shape index (κ2) is 8.95. The molecular formula is C21H22Cl2N2O3. The lowest BCUT2D eigenvalue weighted by atomic mass is 10.1. The second-order valence-electron chi connectivity index (χ2n) is 6.92. The van der Waals surface area contributed by atoms with Crippen LogP contribution in [0.4, 0.5) is 0 Å². The average Bonchev–Trinajstić information content (AvgIpc) is 3.18. The van der Waals surface area contributed by atoms with Crippen LogP contribution in [-0.4, -0.2) is 34.4 Å². The van der Waals surface area contributed by atoms with Crippen LogP contribution in [-0.2, 0) is 11.3 Å². The molecule has 1 fully saturated rings. The number of nitrogens with zero attached hydrogens (tertiary/aromatic N) is 1. The van der Waals surface area contributed by atoms with Crippen LogP contribution in [0.3, 0.4) is 0 Å². The number of carbonyl (C=O) groups is 2. The maximum atomic E-state index is 12.8. The highest BCUT2D eigenvalue weighted by molar-refractivity contribution is 6.42. The third-order valence-electron chi connectivity index (χ3n) is 4.91. The Kier molecular flexibility index (Phi) is 6.60. The molecule has 0 aliphatic carbocycles. The summed E-state index contributed by atoms with van der Waals surface area (Å²) in [5.74, 6) is -0.400. The first-order valence-corrected chi connectivity index (χ1v) is 9.93. The van der Waals surface area contributed by atoms with Crippen molar-refractivity contribution >= 4 is 35.0 Å². The van der Waals surface area contributed by atoms with Gasteiger partial charge in [-0.25, -0.2) is 0 Å². The van der Waals surface area contributed by atoms with E-state index >= 15 is 0 Å². The van der Waals surface area contributed by atoms with Crippen molar-refractivity contribution in [2.24, 2.45) is 0 Å². The first-order chi connectivity index (χ1) is 13.4. The molecule has 0 radical (unpaired) electrons. The molecule has 0 bridgehead atoms. The SMILES string of the molecule is C[C@@H](O)c1ccc(CNC(=O)[C@@H]2CCCN2C(=O)c2ccc(Cl)c(Cl)c2)cc1. The number of carbonyl (C=O) groups excluding carboxylic acids is 2. The monoisotopic (exact) mass is 420 g/mol. The van der Waals surface area contributed by atoms with Gasteiger partial charge in [-0.05, 0) is 49.1 Å². The zero-order chi connectivity index (χ0) is 20.3. The van der Waals surface area contributed by atoms with Crippen molar-refractivity contribution in [3.05, 3.63) is 69.2 Å². The fourth-order valence-corrected chi connectivity index (χ4v) is 3.60. The largest absolute Gasteiger partial charge is 0.389 e. The van der Waals surface area contributed by atoms with E-state index in [9.17, 15) is 14.7 Å². The molecule has 1 aliphatic rings. The Balaban J connectivity index is 1.63. The summed E-state index contributed by atoms with van der Waals surface area (Å²) in [5, 5.41) is 13.2. The van der Waals surface area contributed by atoms with E-state index < -0.39 is 12.1 Å². The lowest BCUT2D eigenvalue weighted by Crippen LogP contribution is -2.45. The van der Waals surface area contributed by atoms with Crippen molar-refractivity contribution in [2.45, 2.75) is 38.5 Å². The Bertz CT molecular complexity index is 868. The summed E-state index contributed by atoms with van der Waals surface area (Å²) in [7, 11) is 0. The summed E-state index contributed by atoms with van der Waals surface area (Å²) in [5.41, 5.74) is 2.17. The number of amides is 2. The van der Waals surface area contributed by atoms with Crippen LogP contribution >= 0.6 is 23.2 Å². The number of benzene rings is 2. The highest BCUT2D eigenvalue weighted by Crippen LogP contribution is 2.26. The van der Waals surface area contributed by atoms with Crippen LogP contribution < -0.4 is 5.32 Å². The molecule has 0 spiro atoms. The molecule has 3 rings (SSSR count). The zero-order valence-corrected chi connectivity index (χ0v) is 17.0. The van der Waals surface area contributed by atoms with Gasteiger partial charge in [-0.3, -0.25) is 9.59 Å². The molecule has 0 unspecified atom stereocenters. The molecule has 2 atom stereocenters. The van der Waals surface area contributed by atoms with E-state index in [4.69, 9.17) is 23.2 Å². The average molecular weight is 421 g/mol. The van der Waals surface area contributed by atoms with Crippen molar-refractivity contribution in [2.75, 3.05) is 6.54 Å². The molecule has 1 saturated heterocycles. The predicted octanol–water partition coefficient (Wildman–Crippen LogP) is 3.97. The molecule has 2 aromatic rings. The summed E-state index contributed by atoms with van der Waals surface area (Å²) in [6.07, 6.45) is 0.872. The fraction of sp³-hybridized carbons (Fsp3) is 0.333. The van der Waals surface area contributed by atoms with Crippen molar-refractivity contribution in [3.8, 4) is 0 Å². The van der Waals surface area contributed by atoms with Crippen LogP contribution in [0.25, 0.3) is 0 Å². The van der Waals surface area contributed by atoms with Gasteiger partial charge in [0.05, 0.1) is 16.1 Å². The molecule has 7 heteroatoms. The second-order valence-corrected chi connectivity index (χ2v) is 7.74. The molecule has 28 heavy (non-hydrogen) atoms. The maximum Gasteiger partial charge on any atom is 0.254 e. The van der Waals surface area contributed by atoms with Gasteiger partial charge in [-0.1, -0.05) is 47.5 Å². The number of hydrogen-bond donors (Lipinski definition) is 2. The molecule has 5 nitrogen and oxygen atoms in total. The molecule has 2 amide bonds. The number of nitrogens with one attached hydrogen (secondary N) is 1. The summed E-state index contributed by atoms with van der Waals surface area (Å²) < 4.78 is 0. The molecule has 2 aromatic carbocycles. The molecule has 2 N–H and O–H groups in total. The van der Waals surface area contributed by atoms with E-state index in [1.807, 2.05) is 24.3 Å². The smallest absolute Gasteiger partial charge is 0.254 e. The van der Waals surface area contributed by atoms with E-state index in [0.29, 0.717) is 35.1 Å². The summed E-state index contributed by atoms with van der Waals surface area (Å²) in [6.45, 7) is 2.60. The minimum Gasteiger partial charge on any atom is -0.389 e. The first-order valence-electron chi connectivity index (χ1n) is 9.17. The highest BCUT2D eigenvalue weighted by Gasteiger charge is 2.34. The highest BCUT2D eigenvalue weighted by atomic mass is 35.5. The topological polar surface area (TPSA) is 69.6 Å². The summed E-state index contributed by atoms with van der Waals surface area (Å²) >= 11 is 11.9. The minimum atomic E-state index is -0.525. The van der Waals surface area contributed by atoms with Crippen LogP contribution in [0.15, 0.2) is 42.5 Å². The van der Waals surface area contributed by atoms with Crippen LogP contribution in [0, 0.1) is 0 Å². The Morgan fingerprint density at radius 2 is 1.89 bits per heavy atom. The molecule has 0 saturated carbocycles. The Hall–Kier alpha value is -2.08. The number of hydrogen-bond acceptors (Lipinski definition) is 3. The quantitative estimate of drug-likeness (QED) is 0.768. The fourth-order valence-electron chi connectivity index (χ4n) is 3.30. The number of rotatable bonds is 5. The van der Waals surface area contributed by atoms with Gasteiger partial charge in [0.15, 0.2) is 0 Å². The van der Waals surface area contributed by atoms with Gasteiger partial charge in [-0.15, -0.1) is 0 Å². The van der Waals surface area contributed by atoms with Crippen LogP contribution in [0.2, 0.25) is 10.0 Å². The van der Waals surface area contributed by atoms with Crippen molar-refractivity contribution in [1.82, 2.24) is 10.2 Å². The number of halogens is 2. The third kappa shape index (κ3) is 4.66. The van der Waals surface area contributed by atoms with Crippen molar-refractivity contribution in [3.63, 3.8) is 0 Å². The van der Waals surface area contributed by atoms with Gasteiger partial charge in [0.2, 0.25) is 5.91 Å². The Morgan fingerprint density at radius 3 is 2.54 bits per heavy atom. The van der Waals surface area contributed by atoms with Gasteiger partial charge >= 0.3 is 0 Å². The van der Waals surface area contributed by atoms with Gasteiger partial charge in [-0.2, -0.15) is 0 Å². The van der Waals surface area contributed by atoms with Gasteiger partial charge in [0.1, 0.15) is 6.04 Å². The lowest BCUT2D eigenvalue weighted by Gasteiger charge is -2.24. The Labute approximate surface area is 174 Å². The lowest BCUT2D eigenvalue weighted by molar-refractivity contribution is -0.125. The van der Waals surface area contributed by atoms with E-state index in [-0.39, 0.29) is 11.8 Å². The van der Waals surface area contributed by atoms with E-state index in [0.717, 1.165) is 17.5 Å². The van der Waals surface area contributed by atoms with E-state index in [1.54, 1.807) is 24.0 Å². The third-order valence-corrected chi connectivity index (χ3v) is 5.65. The zero-order valence-electron chi connectivity index (χ0n) is 15.5. The maximum absolute atomic E-state index is 12.8. The summed E-state index contributed by atoms with van der Waals surface area (Å²) in [6, 6.07) is 11.6. The molecule has 1 aliphatic heterocycles. The first kappa shape index (κ1) is 20.6. The van der Waals surface area contributed by atoms with Gasteiger partial charge in [0.25, 0.3) is 5.91 Å². The summed E-state index contributed by atoms with van der Waals surface area (Å²) in [4.78, 5) is 27.1. The van der Waals surface area contributed by atoms with Gasteiger partial charge < -0.3 is 15.3 Å². The minimum absolute atomic E-state index is 0.175. The molecule has 1 heterocycles. The van der Waals surface area contributed by atoms with E-state index in [1.165, 1.54) is 6.07 Å². The van der Waals surface area contributed by atoms with Crippen molar-refractivity contribution < 1.29 is 14.7 Å². The molecule has 0 aromatic heterocycles. The van der Waals surface area contributed by atoms with Crippen LogP contribution in [0.1, 0.15) is 47.4 Å².